The van der Waals surface area contributed by atoms with E-state index < -0.39 is 15.8 Å². The van der Waals surface area contributed by atoms with Crippen molar-refractivity contribution in [3.63, 3.8) is 0 Å². The van der Waals surface area contributed by atoms with Crippen LogP contribution in [0.4, 0.5) is 4.39 Å². The Morgan fingerprint density at radius 3 is 2.62 bits per heavy atom. The molecule has 118 valence electrons. The number of piperidine rings is 1. The zero-order chi connectivity index (χ0) is 15.8. The van der Waals surface area contributed by atoms with E-state index in [4.69, 9.17) is 11.6 Å². The van der Waals surface area contributed by atoms with Crippen LogP contribution in [0, 0.1) is 18.7 Å². The lowest BCUT2D eigenvalue weighted by atomic mass is 9.97. The molecule has 1 saturated heterocycles. The Hall–Kier alpha value is -0.650. The molecule has 3 nitrogen and oxygen atoms in total. The van der Waals surface area contributed by atoms with E-state index in [1.165, 1.54) is 23.4 Å². The van der Waals surface area contributed by atoms with E-state index in [1.54, 1.807) is 0 Å². The Balaban J connectivity index is 2.51. The van der Waals surface area contributed by atoms with Crippen LogP contribution in [0.25, 0.3) is 0 Å². The fourth-order valence-corrected chi connectivity index (χ4v) is 4.98. The molecular formula is C15H21ClFNO2S. The van der Waals surface area contributed by atoms with Crippen molar-refractivity contribution >= 4 is 21.6 Å². The van der Waals surface area contributed by atoms with E-state index in [-0.39, 0.29) is 22.4 Å². The zero-order valence-corrected chi connectivity index (χ0v) is 14.1. The maximum atomic E-state index is 14.0. The second-order valence-corrected chi connectivity index (χ2v) is 8.07. The summed E-state index contributed by atoms with van der Waals surface area (Å²) in [6, 6.07) is 2.73. The van der Waals surface area contributed by atoms with Crippen molar-refractivity contribution in [2.75, 3.05) is 6.54 Å². The predicted octanol–water partition coefficient (Wildman–Crippen LogP) is 3.68. The summed E-state index contributed by atoms with van der Waals surface area (Å²) in [7, 11) is -3.70. The van der Waals surface area contributed by atoms with Gasteiger partial charge in [-0.3, -0.25) is 0 Å². The molecule has 1 aliphatic rings. The lowest BCUT2D eigenvalue weighted by Crippen LogP contribution is -2.45. The van der Waals surface area contributed by atoms with Gasteiger partial charge in [-0.05, 0) is 50.3 Å². The summed E-state index contributed by atoms with van der Waals surface area (Å²) in [4.78, 5) is 0.0408. The molecule has 0 spiro atoms. The molecule has 21 heavy (non-hydrogen) atoms. The minimum atomic E-state index is -3.70. The lowest BCUT2D eigenvalue weighted by Gasteiger charge is -2.36. The van der Waals surface area contributed by atoms with Gasteiger partial charge in [0.2, 0.25) is 10.0 Å². The SMILES string of the molecule is Cc1c(F)cc(CCl)cc1S(=O)(=O)N1CC(C)CCC1C. The third kappa shape index (κ3) is 3.25. The predicted molar refractivity (Wildman–Crippen MR) is 82.4 cm³/mol. The standard InChI is InChI=1S/C15H21ClFNO2S/c1-10-4-5-11(2)18(9-10)21(19,20)15-7-13(8-16)6-14(17)12(15)3/h6-7,10-11H,4-5,8-9H2,1-3H3. The highest BCUT2D eigenvalue weighted by atomic mass is 35.5. The van der Waals surface area contributed by atoms with Crippen LogP contribution in [0.2, 0.25) is 0 Å². The fourth-order valence-electron chi connectivity index (χ4n) is 2.76. The average Bonchev–Trinajstić information content (AvgIpc) is 2.43. The van der Waals surface area contributed by atoms with Gasteiger partial charge in [-0.15, -0.1) is 11.6 Å². The molecule has 0 aliphatic carbocycles. The molecule has 0 amide bonds. The van der Waals surface area contributed by atoms with Crippen molar-refractivity contribution in [1.82, 2.24) is 4.31 Å². The van der Waals surface area contributed by atoms with Crippen molar-refractivity contribution in [2.24, 2.45) is 5.92 Å². The van der Waals surface area contributed by atoms with E-state index in [0.29, 0.717) is 18.0 Å². The maximum absolute atomic E-state index is 14.0. The second-order valence-electron chi connectivity index (χ2n) is 5.94. The molecule has 1 fully saturated rings. The number of halogens is 2. The summed E-state index contributed by atoms with van der Waals surface area (Å²) in [6.07, 6.45) is 1.85. The smallest absolute Gasteiger partial charge is 0.207 e. The van der Waals surface area contributed by atoms with Gasteiger partial charge in [0.05, 0.1) is 4.90 Å². The van der Waals surface area contributed by atoms with Crippen LogP contribution in [-0.2, 0) is 15.9 Å². The third-order valence-corrected chi connectivity index (χ3v) is 6.57. The summed E-state index contributed by atoms with van der Waals surface area (Å²) < 4.78 is 41.3. The molecule has 6 heteroatoms. The van der Waals surface area contributed by atoms with Gasteiger partial charge in [0.15, 0.2) is 0 Å². The van der Waals surface area contributed by atoms with Crippen molar-refractivity contribution in [3.05, 3.63) is 29.1 Å². The first kappa shape index (κ1) is 16.7. The quantitative estimate of drug-likeness (QED) is 0.791. The second kappa shape index (κ2) is 6.23. The van der Waals surface area contributed by atoms with Crippen LogP contribution in [0.15, 0.2) is 17.0 Å². The normalized spacial score (nSPS) is 24.2. The fraction of sp³-hybridized carbons (Fsp3) is 0.600. The highest BCUT2D eigenvalue weighted by Gasteiger charge is 2.35. The van der Waals surface area contributed by atoms with E-state index in [2.05, 4.69) is 0 Å². The minimum Gasteiger partial charge on any atom is -0.207 e. The molecule has 0 radical (unpaired) electrons. The van der Waals surface area contributed by atoms with Crippen LogP contribution >= 0.6 is 11.6 Å². The van der Waals surface area contributed by atoms with Crippen molar-refractivity contribution < 1.29 is 12.8 Å². The monoisotopic (exact) mass is 333 g/mol. The molecule has 2 unspecified atom stereocenters. The number of nitrogens with zero attached hydrogens (tertiary/aromatic N) is 1. The Labute approximate surface area is 131 Å². The minimum absolute atomic E-state index is 0.0408. The van der Waals surface area contributed by atoms with E-state index in [0.717, 1.165) is 12.8 Å². The molecular weight excluding hydrogens is 313 g/mol. The van der Waals surface area contributed by atoms with Crippen LogP contribution < -0.4 is 0 Å². The third-order valence-electron chi connectivity index (χ3n) is 4.16. The first-order valence-corrected chi connectivity index (χ1v) is 9.11. The van der Waals surface area contributed by atoms with Gasteiger partial charge in [0.1, 0.15) is 5.82 Å². The summed E-state index contributed by atoms with van der Waals surface area (Å²) in [5.74, 6) is -0.118. The topological polar surface area (TPSA) is 37.4 Å². The van der Waals surface area contributed by atoms with Crippen LogP contribution in [0.5, 0.6) is 0 Å². The maximum Gasteiger partial charge on any atom is 0.243 e. The van der Waals surface area contributed by atoms with Gasteiger partial charge >= 0.3 is 0 Å². The molecule has 2 atom stereocenters. The Kier molecular flexibility index (Phi) is 4.96. The number of hydrogen-bond donors (Lipinski definition) is 0. The van der Waals surface area contributed by atoms with Crippen molar-refractivity contribution in [3.8, 4) is 0 Å². The number of benzene rings is 1. The van der Waals surface area contributed by atoms with Crippen LogP contribution in [0.3, 0.4) is 0 Å². The summed E-state index contributed by atoms with van der Waals surface area (Å²) in [5.41, 5.74) is 0.644. The molecule has 1 heterocycles. The first-order chi connectivity index (χ1) is 9.77. The molecule has 0 aromatic heterocycles. The summed E-state index contributed by atoms with van der Waals surface area (Å²) in [6.45, 7) is 5.92. The Morgan fingerprint density at radius 1 is 1.33 bits per heavy atom. The molecule has 2 rings (SSSR count). The summed E-state index contributed by atoms with van der Waals surface area (Å²) in [5, 5.41) is 0. The number of sulfonamides is 1. The Morgan fingerprint density at radius 2 is 2.00 bits per heavy atom. The van der Waals surface area contributed by atoms with Gasteiger partial charge in [-0.2, -0.15) is 4.31 Å². The van der Waals surface area contributed by atoms with E-state index in [1.807, 2.05) is 13.8 Å². The highest BCUT2D eigenvalue weighted by Crippen LogP contribution is 2.30. The Bertz CT molecular complexity index is 633. The summed E-state index contributed by atoms with van der Waals surface area (Å²) >= 11 is 5.74. The van der Waals surface area contributed by atoms with Gasteiger partial charge in [-0.25, -0.2) is 12.8 Å². The van der Waals surface area contributed by atoms with Crippen LogP contribution in [-0.4, -0.2) is 25.3 Å². The first-order valence-electron chi connectivity index (χ1n) is 7.14. The van der Waals surface area contributed by atoms with Crippen molar-refractivity contribution in [2.45, 2.75) is 50.4 Å². The van der Waals surface area contributed by atoms with E-state index >= 15 is 0 Å². The highest BCUT2D eigenvalue weighted by molar-refractivity contribution is 7.89. The average molecular weight is 334 g/mol. The molecule has 0 N–H and O–H groups in total. The van der Waals surface area contributed by atoms with Gasteiger partial charge in [0, 0.05) is 24.0 Å². The van der Waals surface area contributed by atoms with Crippen LogP contribution in [0.1, 0.15) is 37.8 Å². The molecule has 1 aromatic rings. The molecule has 0 saturated carbocycles. The molecule has 0 bridgehead atoms. The zero-order valence-electron chi connectivity index (χ0n) is 12.6. The van der Waals surface area contributed by atoms with Gasteiger partial charge in [0.25, 0.3) is 0 Å². The molecule has 1 aliphatic heterocycles. The van der Waals surface area contributed by atoms with Crippen molar-refractivity contribution in [1.29, 1.82) is 0 Å². The number of alkyl halides is 1. The van der Waals surface area contributed by atoms with Gasteiger partial charge < -0.3 is 0 Å². The largest absolute Gasteiger partial charge is 0.243 e. The lowest BCUT2D eigenvalue weighted by molar-refractivity contribution is 0.218. The van der Waals surface area contributed by atoms with E-state index in [9.17, 15) is 12.8 Å². The molecule has 1 aromatic carbocycles. The number of hydrogen-bond acceptors (Lipinski definition) is 2. The number of rotatable bonds is 3. The van der Waals surface area contributed by atoms with Gasteiger partial charge in [-0.1, -0.05) is 6.92 Å².